The molecule has 122 valence electrons. The molecule has 24 heavy (non-hydrogen) atoms. The van der Waals surface area contributed by atoms with Gasteiger partial charge in [-0.1, -0.05) is 60.7 Å². The second-order valence-electron chi connectivity index (χ2n) is 5.22. The zero-order chi connectivity index (χ0) is 17.4. The third kappa shape index (κ3) is 4.54. The molecular weight excluding hydrogens is 323 g/mol. The summed E-state index contributed by atoms with van der Waals surface area (Å²) in [5, 5.41) is 18.0. The maximum absolute atomic E-state index is 12.8. The second kappa shape index (κ2) is 8.43. The van der Waals surface area contributed by atoms with Crippen LogP contribution >= 0.6 is 7.60 Å². The molecule has 0 saturated heterocycles. The SMILES string of the molecule is N#CCC(OP(=O)(O)C(CC#N)c1ccccc1)c1ccccc1. The van der Waals surface area contributed by atoms with E-state index < -0.39 is 19.4 Å². The molecular formula is C18H17N2O3P. The van der Waals surface area contributed by atoms with E-state index in [9.17, 15) is 9.46 Å². The molecule has 2 rings (SSSR count). The quantitative estimate of drug-likeness (QED) is 0.749. The molecule has 6 heteroatoms. The van der Waals surface area contributed by atoms with E-state index in [0.717, 1.165) is 0 Å². The fourth-order valence-electron chi connectivity index (χ4n) is 2.41. The number of rotatable bonds is 7. The van der Waals surface area contributed by atoms with E-state index in [1.165, 1.54) is 0 Å². The van der Waals surface area contributed by atoms with Gasteiger partial charge in [0.25, 0.3) is 0 Å². The van der Waals surface area contributed by atoms with Gasteiger partial charge in [0.05, 0.1) is 30.6 Å². The molecule has 0 bridgehead atoms. The summed E-state index contributed by atoms with van der Waals surface area (Å²) in [4.78, 5) is 10.5. The average molecular weight is 340 g/mol. The van der Waals surface area contributed by atoms with Crippen molar-refractivity contribution in [1.29, 1.82) is 10.5 Å². The van der Waals surface area contributed by atoms with Crippen LogP contribution in [0.2, 0.25) is 0 Å². The van der Waals surface area contributed by atoms with Gasteiger partial charge in [-0.25, -0.2) is 0 Å². The highest BCUT2D eigenvalue weighted by atomic mass is 31.2. The smallest absolute Gasteiger partial charge is 0.324 e. The van der Waals surface area contributed by atoms with Crippen LogP contribution in [0, 0.1) is 22.7 Å². The second-order valence-corrected chi connectivity index (χ2v) is 7.18. The molecule has 0 heterocycles. The molecule has 2 aromatic rings. The minimum atomic E-state index is -4.17. The third-order valence-electron chi connectivity index (χ3n) is 3.59. The van der Waals surface area contributed by atoms with Gasteiger partial charge in [0.15, 0.2) is 0 Å². The number of hydrogen-bond donors (Lipinski definition) is 1. The molecule has 0 aliphatic heterocycles. The fraction of sp³-hybridized carbons (Fsp3) is 0.222. The lowest BCUT2D eigenvalue weighted by Crippen LogP contribution is -2.08. The van der Waals surface area contributed by atoms with Crippen molar-refractivity contribution in [2.24, 2.45) is 0 Å². The third-order valence-corrected chi connectivity index (χ3v) is 5.41. The highest BCUT2D eigenvalue weighted by molar-refractivity contribution is 7.53. The largest absolute Gasteiger partial charge is 0.337 e. The lowest BCUT2D eigenvalue weighted by molar-refractivity contribution is 0.174. The van der Waals surface area contributed by atoms with Crippen LogP contribution < -0.4 is 0 Å². The lowest BCUT2D eigenvalue weighted by atomic mass is 10.1. The standard InChI is InChI=1S/C18H17N2O3P/c19-13-11-17(15-7-3-1-4-8-15)23-24(21,22)18(12-14-20)16-9-5-2-6-10-16/h1-10,17-18H,11-12H2,(H,21,22). The summed E-state index contributed by atoms with van der Waals surface area (Å²) in [7, 11) is -4.17. The van der Waals surface area contributed by atoms with Crippen LogP contribution in [-0.2, 0) is 9.09 Å². The minimum Gasteiger partial charge on any atom is -0.324 e. The average Bonchev–Trinajstić information content (AvgIpc) is 2.60. The Morgan fingerprint density at radius 2 is 1.42 bits per heavy atom. The maximum Gasteiger partial charge on any atom is 0.337 e. The van der Waals surface area contributed by atoms with Gasteiger partial charge in [0, 0.05) is 0 Å². The van der Waals surface area contributed by atoms with Crippen LogP contribution in [0.25, 0.3) is 0 Å². The molecule has 2 aromatic carbocycles. The highest BCUT2D eigenvalue weighted by Gasteiger charge is 2.36. The van der Waals surface area contributed by atoms with Crippen LogP contribution in [0.3, 0.4) is 0 Å². The lowest BCUT2D eigenvalue weighted by Gasteiger charge is -2.25. The molecule has 3 atom stereocenters. The van der Waals surface area contributed by atoms with E-state index in [0.29, 0.717) is 11.1 Å². The minimum absolute atomic E-state index is 0.0529. The molecule has 3 unspecified atom stereocenters. The maximum atomic E-state index is 12.8. The number of hydrogen-bond acceptors (Lipinski definition) is 4. The summed E-state index contributed by atoms with van der Waals surface area (Å²) in [6.07, 6.45) is -1.02. The summed E-state index contributed by atoms with van der Waals surface area (Å²) in [6.45, 7) is 0. The van der Waals surface area contributed by atoms with Crippen molar-refractivity contribution in [2.75, 3.05) is 0 Å². The van der Waals surface area contributed by atoms with Gasteiger partial charge >= 0.3 is 7.60 Å². The van der Waals surface area contributed by atoms with Gasteiger partial charge in [0.1, 0.15) is 6.10 Å². The van der Waals surface area contributed by atoms with Gasteiger partial charge < -0.3 is 4.89 Å². The molecule has 0 amide bonds. The van der Waals surface area contributed by atoms with Crippen molar-refractivity contribution in [3.8, 4) is 12.1 Å². The van der Waals surface area contributed by atoms with Gasteiger partial charge in [0.2, 0.25) is 0 Å². The molecule has 0 aliphatic rings. The summed E-state index contributed by atoms with van der Waals surface area (Å²) in [5.41, 5.74) is 0.263. The van der Waals surface area contributed by atoms with Crippen molar-refractivity contribution in [3.05, 3.63) is 71.8 Å². The van der Waals surface area contributed by atoms with E-state index in [1.807, 2.05) is 18.2 Å². The van der Waals surface area contributed by atoms with Crippen molar-refractivity contribution in [1.82, 2.24) is 0 Å². The molecule has 0 spiro atoms. The Labute approximate surface area is 141 Å². The van der Waals surface area contributed by atoms with Crippen molar-refractivity contribution >= 4 is 7.60 Å². The summed E-state index contributed by atoms with van der Waals surface area (Å²) < 4.78 is 18.3. The predicted octanol–water partition coefficient (Wildman–Crippen LogP) is 4.50. The van der Waals surface area contributed by atoms with Gasteiger partial charge in [-0.2, -0.15) is 10.5 Å². The Morgan fingerprint density at radius 3 is 1.92 bits per heavy atom. The van der Waals surface area contributed by atoms with Crippen molar-refractivity contribution in [3.63, 3.8) is 0 Å². The van der Waals surface area contributed by atoms with E-state index in [4.69, 9.17) is 15.0 Å². The van der Waals surface area contributed by atoms with Crippen LogP contribution in [0.1, 0.15) is 35.7 Å². The Hall–Kier alpha value is -2.43. The Morgan fingerprint density at radius 1 is 0.917 bits per heavy atom. The Bertz CT molecular complexity index is 781. The number of nitriles is 2. The monoisotopic (exact) mass is 340 g/mol. The van der Waals surface area contributed by atoms with Crippen LogP contribution in [0.4, 0.5) is 0 Å². The summed E-state index contributed by atoms with van der Waals surface area (Å²) >= 11 is 0. The zero-order valence-corrected chi connectivity index (χ0v) is 13.8. The molecule has 0 aromatic heterocycles. The Kier molecular flexibility index (Phi) is 6.29. The molecule has 5 nitrogen and oxygen atoms in total. The van der Waals surface area contributed by atoms with Gasteiger partial charge in [-0.15, -0.1) is 0 Å². The van der Waals surface area contributed by atoms with Crippen molar-refractivity contribution < 1.29 is 14.0 Å². The van der Waals surface area contributed by atoms with E-state index in [1.54, 1.807) is 54.6 Å². The van der Waals surface area contributed by atoms with Gasteiger partial charge in [-0.3, -0.25) is 9.09 Å². The summed E-state index contributed by atoms with van der Waals surface area (Å²) in [5.74, 6) is 0. The number of nitrogens with zero attached hydrogens (tertiary/aromatic N) is 2. The van der Waals surface area contributed by atoms with E-state index >= 15 is 0 Å². The molecule has 0 fully saturated rings. The van der Waals surface area contributed by atoms with E-state index in [-0.39, 0.29) is 12.8 Å². The van der Waals surface area contributed by atoms with Gasteiger partial charge in [-0.05, 0) is 11.1 Å². The topological polar surface area (TPSA) is 94.1 Å². The molecule has 0 saturated carbocycles. The molecule has 1 N–H and O–H groups in total. The van der Waals surface area contributed by atoms with E-state index in [2.05, 4.69) is 0 Å². The predicted molar refractivity (Wildman–Crippen MR) is 89.7 cm³/mol. The summed E-state index contributed by atoms with van der Waals surface area (Å²) in [6, 6.07) is 21.4. The first-order valence-corrected chi connectivity index (χ1v) is 9.08. The first-order chi connectivity index (χ1) is 11.6. The molecule has 0 radical (unpaired) electrons. The molecule has 0 aliphatic carbocycles. The normalized spacial score (nSPS) is 15.5. The fourth-order valence-corrected chi connectivity index (χ4v) is 3.97. The zero-order valence-electron chi connectivity index (χ0n) is 12.9. The Balaban J connectivity index is 2.31. The van der Waals surface area contributed by atoms with Crippen molar-refractivity contribution in [2.45, 2.75) is 24.6 Å². The first kappa shape index (κ1) is 17.9. The first-order valence-electron chi connectivity index (χ1n) is 7.43. The van der Waals surface area contributed by atoms with Crippen LogP contribution in [0.5, 0.6) is 0 Å². The number of benzene rings is 2. The highest BCUT2D eigenvalue weighted by Crippen LogP contribution is 2.60. The van der Waals surface area contributed by atoms with Crippen LogP contribution in [0.15, 0.2) is 60.7 Å². The van der Waals surface area contributed by atoms with Crippen LogP contribution in [-0.4, -0.2) is 4.89 Å².